The molecule has 0 bridgehead atoms. The molecule has 0 N–H and O–H groups in total. The summed E-state index contributed by atoms with van der Waals surface area (Å²) in [5.74, 6) is 1.31. The number of halogens is 1. The number of unbranched alkanes of at least 4 members (excludes halogenated alkanes) is 4. The van der Waals surface area contributed by atoms with Gasteiger partial charge in [-0.15, -0.1) is 11.6 Å². The van der Waals surface area contributed by atoms with Crippen molar-refractivity contribution in [2.24, 2.45) is 0 Å². The van der Waals surface area contributed by atoms with Gasteiger partial charge in [-0.2, -0.15) is 4.98 Å². The predicted octanol–water partition coefficient (Wildman–Crippen LogP) is 3.88. The van der Waals surface area contributed by atoms with E-state index in [2.05, 4.69) is 17.1 Å². The fourth-order valence-corrected chi connectivity index (χ4v) is 1.50. The second kappa shape index (κ2) is 6.83. The predicted molar refractivity (Wildman–Crippen MR) is 61.0 cm³/mol. The van der Waals surface area contributed by atoms with Crippen molar-refractivity contribution in [2.75, 3.05) is 0 Å². The summed E-state index contributed by atoms with van der Waals surface area (Å²) < 4.78 is 5.09. The Kier molecular flexibility index (Phi) is 5.69. The maximum absolute atomic E-state index is 5.83. The molecule has 86 valence electrons. The van der Waals surface area contributed by atoms with Crippen LogP contribution in [0.4, 0.5) is 0 Å². The van der Waals surface area contributed by atoms with Crippen molar-refractivity contribution in [3.8, 4) is 0 Å². The van der Waals surface area contributed by atoms with E-state index >= 15 is 0 Å². The molecular formula is C11H19ClN2O. The lowest BCUT2D eigenvalue weighted by atomic mass is 10.1. The Bertz CT molecular complexity index is 273. The molecule has 0 saturated heterocycles. The number of alkyl halides is 1. The van der Waals surface area contributed by atoms with Gasteiger partial charge in [-0.05, 0) is 13.3 Å². The molecule has 1 atom stereocenters. The second-order valence-electron chi connectivity index (χ2n) is 3.83. The van der Waals surface area contributed by atoms with E-state index < -0.39 is 0 Å². The zero-order valence-corrected chi connectivity index (χ0v) is 10.3. The van der Waals surface area contributed by atoms with Gasteiger partial charge in [0.15, 0.2) is 5.82 Å². The Morgan fingerprint density at radius 3 is 2.60 bits per heavy atom. The molecule has 0 aliphatic rings. The number of hydrogen-bond donors (Lipinski definition) is 0. The minimum Gasteiger partial charge on any atom is -0.339 e. The quantitative estimate of drug-likeness (QED) is 0.527. The molecule has 1 unspecified atom stereocenters. The lowest BCUT2D eigenvalue weighted by Gasteiger charge is -1.96. The molecule has 0 radical (unpaired) electrons. The third kappa shape index (κ3) is 4.65. The monoisotopic (exact) mass is 230 g/mol. The van der Waals surface area contributed by atoms with Gasteiger partial charge < -0.3 is 4.52 Å². The van der Waals surface area contributed by atoms with Crippen LogP contribution in [0.1, 0.15) is 63.0 Å². The number of rotatable bonds is 7. The zero-order chi connectivity index (χ0) is 11.1. The van der Waals surface area contributed by atoms with Crippen LogP contribution in [0.15, 0.2) is 4.52 Å². The van der Waals surface area contributed by atoms with Crippen molar-refractivity contribution in [3.63, 3.8) is 0 Å². The van der Waals surface area contributed by atoms with Crippen LogP contribution in [0.2, 0.25) is 0 Å². The van der Waals surface area contributed by atoms with E-state index in [9.17, 15) is 0 Å². The van der Waals surface area contributed by atoms with E-state index in [1.54, 1.807) is 0 Å². The van der Waals surface area contributed by atoms with Gasteiger partial charge in [-0.25, -0.2) is 0 Å². The van der Waals surface area contributed by atoms with Crippen LogP contribution in [0.25, 0.3) is 0 Å². The number of aryl methyl sites for hydroxylation is 1. The van der Waals surface area contributed by atoms with Crippen LogP contribution in [-0.4, -0.2) is 10.1 Å². The summed E-state index contributed by atoms with van der Waals surface area (Å²) >= 11 is 5.83. The van der Waals surface area contributed by atoms with E-state index in [4.69, 9.17) is 16.1 Å². The Labute approximate surface area is 96.2 Å². The smallest absolute Gasteiger partial charge is 0.226 e. The molecule has 0 fully saturated rings. The number of aromatic nitrogens is 2. The third-order valence-corrected chi connectivity index (χ3v) is 2.53. The first-order chi connectivity index (χ1) is 7.24. The highest BCUT2D eigenvalue weighted by atomic mass is 35.5. The van der Waals surface area contributed by atoms with Gasteiger partial charge in [-0.1, -0.05) is 37.8 Å². The molecule has 3 nitrogen and oxygen atoms in total. The van der Waals surface area contributed by atoms with Gasteiger partial charge in [-0.3, -0.25) is 0 Å². The van der Waals surface area contributed by atoms with Crippen molar-refractivity contribution in [1.29, 1.82) is 0 Å². The van der Waals surface area contributed by atoms with E-state index in [0.717, 1.165) is 12.8 Å². The first kappa shape index (κ1) is 12.5. The summed E-state index contributed by atoms with van der Waals surface area (Å²) in [6.07, 6.45) is 7.12. The Morgan fingerprint density at radius 1 is 1.27 bits per heavy atom. The molecule has 0 amide bonds. The normalized spacial score (nSPS) is 13.0. The molecule has 0 aliphatic carbocycles. The van der Waals surface area contributed by atoms with Crippen molar-refractivity contribution >= 4 is 11.6 Å². The van der Waals surface area contributed by atoms with Crippen LogP contribution in [0.5, 0.6) is 0 Å². The molecule has 15 heavy (non-hydrogen) atoms. The van der Waals surface area contributed by atoms with E-state index in [-0.39, 0.29) is 5.38 Å². The molecule has 1 aromatic heterocycles. The van der Waals surface area contributed by atoms with Gasteiger partial charge in [0.25, 0.3) is 0 Å². The van der Waals surface area contributed by atoms with Crippen LogP contribution >= 0.6 is 11.6 Å². The summed E-state index contributed by atoms with van der Waals surface area (Å²) in [7, 11) is 0. The standard InChI is InChI=1S/C11H19ClN2O/c1-3-4-5-6-7-8-10-13-11(9(2)12)14-15-10/h9H,3-8H2,1-2H3. The summed E-state index contributed by atoms with van der Waals surface area (Å²) in [4.78, 5) is 4.22. The fourth-order valence-electron chi connectivity index (χ4n) is 1.41. The average molecular weight is 231 g/mol. The summed E-state index contributed by atoms with van der Waals surface area (Å²) in [5.41, 5.74) is 0. The summed E-state index contributed by atoms with van der Waals surface area (Å²) in [6.45, 7) is 4.06. The molecule has 0 spiro atoms. The molecule has 0 aliphatic heterocycles. The van der Waals surface area contributed by atoms with Crippen molar-refractivity contribution < 1.29 is 4.52 Å². The minimum absolute atomic E-state index is 0.164. The maximum atomic E-state index is 5.83. The fraction of sp³-hybridized carbons (Fsp3) is 0.818. The molecule has 1 heterocycles. The third-order valence-electron chi connectivity index (χ3n) is 2.33. The largest absolute Gasteiger partial charge is 0.339 e. The lowest BCUT2D eigenvalue weighted by molar-refractivity contribution is 0.368. The SMILES string of the molecule is CCCCCCCc1nc(C(C)Cl)no1. The maximum Gasteiger partial charge on any atom is 0.226 e. The van der Waals surface area contributed by atoms with E-state index in [1.807, 2.05) is 6.92 Å². The first-order valence-electron chi connectivity index (χ1n) is 5.70. The molecule has 1 rings (SSSR count). The van der Waals surface area contributed by atoms with Crippen LogP contribution in [-0.2, 0) is 6.42 Å². The highest BCUT2D eigenvalue weighted by Gasteiger charge is 2.10. The van der Waals surface area contributed by atoms with Crippen LogP contribution in [0.3, 0.4) is 0 Å². The van der Waals surface area contributed by atoms with Crippen molar-refractivity contribution in [3.05, 3.63) is 11.7 Å². The number of hydrogen-bond acceptors (Lipinski definition) is 3. The summed E-state index contributed by atoms with van der Waals surface area (Å²) in [5, 5.41) is 3.65. The lowest BCUT2D eigenvalue weighted by Crippen LogP contribution is -1.89. The van der Waals surface area contributed by atoms with Crippen molar-refractivity contribution in [1.82, 2.24) is 10.1 Å². The number of nitrogens with zero attached hydrogens (tertiary/aromatic N) is 2. The molecule has 1 aromatic rings. The van der Waals surface area contributed by atoms with Crippen molar-refractivity contribution in [2.45, 2.75) is 57.7 Å². The molecule has 4 heteroatoms. The minimum atomic E-state index is -0.164. The van der Waals surface area contributed by atoms with E-state index in [0.29, 0.717) is 11.7 Å². The van der Waals surface area contributed by atoms with Gasteiger partial charge in [0.2, 0.25) is 5.89 Å². The Balaban J connectivity index is 2.20. The molecule has 0 aromatic carbocycles. The second-order valence-corrected chi connectivity index (χ2v) is 4.48. The van der Waals surface area contributed by atoms with Gasteiger partial charge in [0.05, 0.1) is 5.38 Å². The van der Waals surface area contributed by atoms with Gasteiger partial charge in [0, 0.05) is 6.42 Å². The van der Waals surface area contributed by atoms with Crippen LogP contribution < -0.4 is 0 Å². The van der Waals surface area contributed by atoms with Gasteiger partial charge >= 0.3 is 0 Å². The zero-order valence-electron chi connectivity index (χ0n) is 9.50. The highest BCUT2D eigenvalue weighted by Crippen LogP contribution is 2.16. The average Bonchev–Trinajstić information content (AvgIpc) is 2.66. The first-order valence-corrected chi connectivity index (χ1v) is 6.14. The topological polar surface area (TPSA) is 38.9 Å². The summed E-state index contributed by atoms with van der Waals surface area (Å²) in [6, 6.07) is 0. The van der Waals surface area contributed by atoms with Gasteiger partial charge in [0.1, 0.15) is 0 Å². The van der Waals surface area contributed by atoms with Crippen LogP contribution in [0, 0.1) is 0 Å². The highest BCUT2D eigenvalue weighted by molar-refractivity contribution is 6.20. The molecular weight excluding hydrogens is 212 g/mol. The van der Waals surface area contributed by atoms with E-state index in [1.165, 1.54) is 25.7 Å². The Hall–Kier alpha value is -0.570. The molecule has 0 saturated carbocycles. The Morgan fingerprint density at radius 2 is 2.00 bits per heavy atom.